The normalized spacial score (nSPS) is 22.1. The van der Waals surface area contributed by atoms with Crippen molar-refractivity contribution in [3.8, 4) is 17.3 Å². The molecule has 0 amide bonds. The summed E-state index contributed by atoms with van der Waals surface area (Å²) in [5.41, 5.74) is 2.58. The summed E-state index contributed by atoms with van der Waals surface area (Å²) in [6.45, 7) is 6.13. The van der Waals surface area contributed by atoms with Gasteiger partial charge >= 0.3 is 0 Å². The summed E-state index contributed by atoms with van der Waals surface area (Å²) in [6, 6.07) is 10.3. The summed E-state index contributed by atoms with van der Waals surface area (Å²) in [5.74, 6) is 3.13. The molecule has 5 nitrogen and oxygen atoms in total. The molecule has 2 aromatic carbocycles. The van der Waals surface area contributed by atoms with Crippen molar-refractivity contribution in [2.24, 2.45) is 17.8 Å². The molecule has 4 unspecified atom stereocenters. The number of halogens is 3. The molecule has 204 valence electrons. The monoisotopic (exact) mass is 585 g/mol. The minimum absolute atomic E-state index is 0.134. The van der Waals surface area contributed by atoms with Crippen molar-refractivity contribution in [2.45, 2.75) is 64.9 Å². The van der Waals surface area contributed by atoms with Gasteiger partial charge in [0.2, 0.25) is 0 Å². The van der Waals surface area contributed by atoms with Crippen LogP contribution in [-0.4, -0.2) is 15.2 Å². The van der Waals surface area contributed by atoms with Crippen molar-refractivity contribution < 1.29 is 14.0 Å². The van der Waals surface area contributed by atoms with Crippen LogP contribution in [0, 0.1) is 34.9 Å². The smallest absolute Gasteiger partial charge is 0.151 e. The number of nitriles is 1. The molecule has 2 fully saturated rings. The van der Waals surface area contributed by atoms with Gasteiger partial charge in [0, 0.05) is 23.0 Å². The van der Waals surface area contributed by atoms with Gasteiger partial charge in [0.25, 0.3) is 0 Å². The number of hydrogen-bond acceptors (Lipinski definition) is 6. The highest BCUT2D eigenvalue weighted by Crippen LogP contribution is 2.55. The third-order valence-corrected chi connectivity index (χ3v) is 9.80. The number of hydrogen-bond donors (Lipinski definition) is 1. The van der Waals surface area contributed by atoms with E-state index >= 15 is 0 Å². The summed E-state index contributed by atoms with van der Waals surface area (Å²) in [4.78, 5) is 4.62. The van der Waals surface area contributed by atoms with Crippen molar-refractivity contribution >= 4 is 44.8 Å². The van der Waals surface area contributed by atoms with Crippen molar-refractivity contribution in [3.63, 3.8) is 0 Å². The molecular formula is C30H30Cl2FN3O2S. The molecule has 4 atom stereocenters. The first kappa shape index (κ1) is 28.0. The van der Waals surface area contributed by atoms with E-state index in [0.29, 0.717) is 55.5 Å². The Hall–Kier alpha value is -2.50. The molecular weight excluding hydrogens is 556 g/mol. The summed E-state index contributed by atoms with van der Waals surface area (Å²) in [5, 5.41) is 24.5. The van der Waals surface area contributed by atoms with Crippen LogP contribution in [-0.2, 0) is 6.61 Å². The fourth-order valence-corrected chi connectivity index (χ4v) is 8.19. The Morgan fingerprint density at radius 3 is 2.62 bits per heavy atom. The highest BCUT2D eigenvalue weighted by molar-refractivity contribution is 7.18. The zero-order valence-corrected chi connectivity index (χ0v) is 24.4. The first-order chi connectivity index (χ1) is 18.7. The number of thiazole rings is 1. The lowest BCUT2D eigenvalue weighted by atomic mass is 9.78. The molecule has 2 aliphatic carbocycles. The van der Waals surface area contributed by atoms with Gasteiger partial charge in [-0.3, -0.25) is 0 Å². The van der Waals surface area contributed by atoms with Crippen LogP contribution in [0.5, 0.6) is 0 Å². The third kappa shape index (κ3) is 5.32. The molecule has 4 aromatic rings. The van der Waals surface area contributed by atoms with Crippen LogP contribution in [0.1, 0.15) is 80.2 Å². The predicted octanol–water partition coefficient (Wildman–Crippen LogP) is 9.11. The molecule has 2 heterocycles. The Morgan fingerprint density at radius 2 is 1.97 bits per heavy atom. The molecule has 2 bridgehead atoms. The molecule has 0 spiro atoms. The zero-order chi connectivity index (χ0) is 27.8. The average Bonchev–Trinajstić information content (AvgIpc) is 3.57. The molecule has 0 radical (unpaired) electrons. The lowest BCUT2D eigenvalue weighted by Gasteiger charge is -2.29. The molecule has 2 aromatic heterocycles. The van der Waals surface area contributed by atoms with Crippen molar-refractivity contribution in [1.29, 1.82) is 5.26 Å². The summed E-state index contributed by atoms with van der Waals surface area (Å²) in [6.07, 6.45) is 5.18. The third-order valence-electron chi connectivity index (χ3n) is 8.07. The molecule has 9 heteroatoms. The van der Waals surface area contributed by atoms with Gasteiger partial charge in [0.05, 0.1) is 38.0 Å². The van der Waals surface area contributed by atoms with Crippen LogP contribution in [0.3, 0.4) is 0 Å². The summed E-state index contributed by atoms with van der Waals surface area (Å²) < 4.78 is 20.2. The van der Waals surface area contributed by atoms with E-state index in [1.807, 2.05) is 19.9 Å². The quantitative estimate of drug-likeness (QED) is 0.258. The van der Waals surface area contributed by atoms with Gasteiger partial charge in [-0.2, -0.15) is 5.26 Å². The molecule has 2 saturated carbocycles. The average molecular weight is 587 g/mol. The van der Waals surface area contributed by atoms with E-state index in [4.69, 9.17) is 33.0 Å². The van der Waals surface area contributed by atoms with E-state index in [-0.39, 0.29) is 18.3 Å². The standard InChI is InChI=1S/C17H17FN2S.C13H13Cl2NO2/c1-9-5-11-3-2-4-12(9)15(11)17-20-16-13(18)6-10(8-19)7-14(16)21-17;1-7(2)13-8(6-17)12(16-18-13)11-9(14)4-3-5-10(11)15/h6-7,9,11-12,15H,2-5H2,1H3;3-5,7,17H,6H2,1-2H3. The van der Waals surface area contributed by atoms with Crippen LogP contribution < -0.4 is 0 Å². The van der Waals surface area contributed by atoms with Gasteiger partial charge in [-0.1, -0.05) is 61.6 Å². The highest BCUT2D eigenvalue weighted by atomic mass is 35.5. The Kier molecular flexibility index (Phi) is 8.30. The minimum atomic E-state index is -0.359. The van der Waals surface area contributed by atoms with Crippen LogP contribution in [0.15, 0.2) is 34.9 Å². The van der Waals surface area contributed by atoms with Crippen molar-refractivity contribution in [1.82, 2.24) is 10.1 Å². The molecule has 2 aliphatic rings. The second-order valence-corrected chi connectivity index (χ2v) is 12.7. The Morgan fingerprint density at radius 1 is 1.23 bits per heavy atom. The maximum atomic E-state index is 14.1. The highest BCUT2D eigenvalue weighted by Gasteiger charge is 2.45. The number of fused-ring (bicyclic) bond motifs is 3. The van der Waals surface area contributed by atoms with Crippen LogP contribution in [0.2, 0.25) is 10.0 Å². The van der Waals surface area contributed by atoms with Crippen LogP contribution >= 0.6 is 34.5 Å². The van der Waals surface area contributed by atoms with Gasteiger partial charge < -0.3 is 9.63 Å². The molecule has 0 saturated heterocycles. The number of aromatic nitrogens is 2. The largest absolute Gasteiger partial charge is 0.391 e. The van der Waals surface area contributed by atoms with E-state index in [1.165, 1.54) is 31.7 Å². The van der Waals surface area contributed by atoms with Gasteiger partial charge in [-0.05, 0) is 61.3 Å². The van der Waals surface area contributed by atoms with Crippen molar-refractivity contribution in [3.05, 3.63) is 68.1 Å². The number of rotatable bonds is 4. The lowest BCUT2D eigenvalue weighted by Crippen LogP contribution is -2.19. The predicted molar refractivity (Wildman–Crippen MR) is 154 cm³/mol. The van der Waals surface area contributed by atoms with Crippen molar-refractivity contribution in [2.75, 3.05) is 0 Å². The first-order valence-corrected chi connectivity index (χ1v) is 14.8. The maximum Gasteiger partial charge on any atom is 0.151 e. The van der Waals surface area contributed by atoms with Gasteiger partial charge in [-0.25, -0.2) is 9.37 Å². The molecule has 1 N–H and O–H groups in total. The lowest BCUT2D eigenvalue weighted by molar-refractivity contribution is 0.275. The topological polar surface area (TPSA) is 82.9 Å². The maximum absolute atomic E-state index is 14.1. The number of benzene rings is 2. The Labute approximate surface area is 241 Å². The van der Waals surface area contributed by atoms with E-state index in [2.05, 4.69) is 17.1 Å². The SMILES string of the molecule is CC(C)c1onc(-c2c(Cl)cccc2Cl)c1CO.CC1CC2CCCC1C2c1nc2c(F)cc(C#N)cc2s1. The number of aliphatic hydroxyl groups is 1. The van der Waals surface area contributed by atoms with Gasteiger partial charge in [0.15, 0.2) is 5.82 Å². The minimum Gasteiger partial charge on any atom is -0.391 e. The first-order valence-electron chi connectivity index (χ1n) is 13.3. The summed E-state index contributed by atoms with van der Waals surface area (Å²) >= 11 is 13.9. The van der Waals surface area contributed by atoms with Gasteiger partial charge in [0.1, 0.15) is 17.0 Å². The molecule has 0 aliphatic heterocycles. The molecule has 6 rings (SSSR count). The van der Waals surface area contributed by atoms with E-state index in [9.17, 15) is 9.50 Å². The zero-order valence-electron chi connectivity index (χ0n) is 22.0. The van der Waals surface area contributed by atoms with Crippen LogP contribution in [0.25, 0.3) is 21.5 Å². The van der Waals surface area contributed by atoms with Crippen LogP contribution in [0.4, 0.5) is 4.39 Å². The summed E-state index contributed by atoms with van der Waals surface area (Å²) in [7, 11) is 0. The fraction of sp³-hybridized carbons (Fsp3) is 0.433. The number of nitrogens with zero attached hydrogens (tertiary/aromatic N) is 3. The Bertz CT molecular complexity index is 1520. The fourth-order valence-electron chi connectivity index (χ4n) is 6.33. The second-order valence-electron chi connectivity index (χ2n) is 10.8. The second kappa shape index (κ2) is 11.5. The molecule has 39 heavy (non-hydrogen) atoms. The Balaban J connectivity index is 0.000000160. The number of aliphatic hydroxyl groups excluding tert-OH is 1. The van der Waals surface area contributed by atoms with E-state index in [1.54, 1.807) is 35.6 Å². The van der Waals surface area contributed by atoms with E-state index in [0.717, 1.165) is 21.5 Å². The van der Waals surface area contributed by atoms with E-state index < -0.39 is 0 Å². The van der Waals surface area contributed by atoms with Gasteiger partial charge in [-0.15, -0.1) is 11.3 Å².